The number of hydrogen-bond acceptors (Lipinski definition) is 3. The number of hydrogen-bond donors (Lipinski definition) is 0. The normalized spacial score (nSPS) is 22.5. The highest BCUT2D eigenvalue weighted by molar-refractivity contribution is 5.89. The van der Waals surface area contributed by atoms with Crippen molar-refractivity contribution in [3.8, 4) is 0 Å². The highest BCUT2D eigenvalue weighted by atomic mass is 19.4. The summed E-state index contributed by atoms with van der Waals surface area (Å²) in [5, 5.41) is 0. The fraction of sp³-hybridized carbons (Fsp3) is 0.700. The number of halogens is 9. The van der Waals surface area contributed by atoms with Crippen LogP contribution >= 0.6 is 0 Å². The predicted molar refractivity (Wildman–Crippen MR) is 50.2 cm³/mol. The van der Waals surface area contributed by atoms with Crippen LogP contribution in [0.15, 0.2) is 12.2 Å². The summed E-state index contributed by atoms with van der Waals surface area (Å²) in [5.74, 6) is -2.21. The average Bonchev–Trinajstić information content (AvgIpc) is 2.70. The molecule has 0 aromatic rings. The van der Waals surface area contributed by atoms with Gasteiger partial charge in [-0.05, 0) is 0 Å². The molecular formula is C10H7F9O3. The Kier molecular flexibility index (Phi) is 4.49. The lowest BCUT2D eigenvalue weighted by Crippen LogP contribution is -2.56. The SMILES string of the molecule is C=C(C(=O)OC1CCC(C(F)(F)F)(C(F)(F)F)O1)C(F)(F)F. The molecular weight excluding hydrogens is 339 g/mol. The van der Waals surface area contributed by atoms with Gasteiger partial charge in [0.1, 0.15) is 5.57 Å². The number of ether oxygens (including phenoxy) is 2. The van der Waals surface area contributed by atoms with Crippen molar-refractivity contribution in [1.82, 2.24) is 0 Å². The van der Waals surface area contributed by atoms with Crippen molar-refractivity contribution in [3.63, 3.8) is 0 Å². The van der Waals surface area contributed by atoms with Gasteiger partial charge in [-0.25, -0.2) is 4.79 Å². The van der Waals surface area contributed by atoms with E-state index in [2.05, 4.69) is 16.1 Å². The van der Waals surface area contributed by atoms with E-state index in [1.807, 2.05) is 0 Å². The Morgan fingerprint density at radius 2 is 1.50 bits per heavy atom. The highest BCUT2D eigenvalue weighted by Gasteiger charge is 2.75. The van der Waals surface area contributed by atoms with Gasteiger partial charge in [0.25, 0.3) is 5.60 Å². The van der Waals surface area contributed by atoms with Crippen molar-refractivity contribution in [2.24, 2.45) is 0 Å². The summed E-state index contributed by atoms with van der Waals surface area (Å²) in [4.78, 5) is 11.0. The van der Waals surface area contributed by atoms with Gasteiger partial charge in [0, 0.05) is 12.8 Å². The van der Waals surface area contributed by atoms with E-state index in [4.69, 9.17) is 0 Å². The summed E-state index contributed by atoms with van der Waals surface area (Å²) >= 11 is 0. The lowest BCUT2D eigenvalue weighted by Gasteiger charge is -2.33. The Morgan fingerprint density at radius 1 is 1.05 bits per heavy atom. The number of alkyl halides is 9. The van der Waals surface area contributed by atoms with Crippen molar-refractivity contribution >= 4 is 5.97 Å². The molecule has 0 aromatic heterocycles. The minimum Gasteiger partial charge on any atom is -0.432 e. The summed E-state index contributed by atoms with van der Waals surface area (Å²) in [6.07, 6.45) is -22.1. The van der Waals surface area contributed by atoms with Gasteiger partial charge in [-0.3, -0.25) is 0 Å². The van der Waals surface area contributed by atoms with E-state index < -0.39 is 54.8 Å². The van der Waals surface area contributed by atoms with E-state index in [0.717, 1.165) is 0 Å². The zero-order valence-electron chi connectivity index (χ0n) is 10.3. The van der Waals surface area contributed by atoms with Crippen LogP contribution in [0.1, 0.15) is 12.8 Å². The molecule has 0 saturated carbocycles. The van der Waals surface area contributed by atoms with Crippen LogP contribution in [0.4, 0.5) is 39.5 Å². The molecule has 1 atom stereocenters. The minimum absolute atomic E-state index is 1.07. The van der Waals surface area contributed by atoms with E-state index >= 15 is 0 Å². The van der Waals surface area contributed by atoms with Crippen molar-refractivity contribution < 1.29 is 53.8 Å². The van der Waals surface area contributed by atoms with E-state index in [1.165, 1.54) is 0 Å². The van der Waals surface area contributed by atoms with E-state index in [0.29, 0.717) is 0 Å². The number of carbonyl (C=O) groups is 1. The Bertz CT molecular complexity index is 446. The van der Waals surface area contributed by atoms with Gasteiger partial charge < -0.3 is 9.47 Å². The van der Waals surface area contributed by atoms with Crippen molar-refractivity contribution in [3.05, 3.63) is 12.2 Å². The van der Waals surface area contributed by atoms with Crippen molar-refractivity contribution in [2.45, 2.75) is 43.3 Å². The maximum atomic E-state index is 12.6. The lowest BCUT2D eigenvalue weighted by molar-refractivity contribution is -0.385. The molecule has 1 aliphatic heterocycles. The van der Waals surface area contributed by atoms with Gasteiger partial charge >= 0.3 is 24.5 Å². The highest BCUT2D eigenvalue weighted by Crippen LogP contribution is 2.53. The third kappa shape index (κ3) is 3.31. The first-order valence-electron chi connectivity index (χ1n) is 5.40. The number of esters is 1. The van der Waals surface area contributed by atoms with Crippen LogP contribution in [0.3, 0.4) is 0 Å². The molecule has 0 N–H and O–H groups in total. The van der Waals surface area contributed by atoms with Crippen molar-refractivity contribution in [2.75, 3.05) is 0 Å². The second kappa shape index (κ2) is 5.32. The molecule has 22 heavy (non-hydrogen) atoms. The van der Waals surface area contributed by atoms with Gasteiger partial charge in [0.2, 0.25) is 6.29 Å². The molecule has 1 rings (SSSR count). The Labute approximate surface area is 116 Å². The molecule has 12 heteroatoms. The number of rotatable bonds is 2. The molecule has 0 bridgehead atoms. The van der Waals surface area contributed by atoms with Crippen LogP contribution in [0.2, 0.25) is 0 Å². The van der Waals surface area contributed by atoms with E-state index in [-0.39, 0.29) is 0 Å². The largest absolute Gasteiger partial charge is 0.432 e. The number of carbonyl (C=O) groups excluding carboxylic acids is 1. The average molecular weight is 346 g/mol. The first-order chi connectivity index (χ1) is 9.62. The third-order valence-electron chi connectivity index (χ3n) is 2.81. The maximum absolute atomic E-state index is 12.6. The van der Waals surface area contributed by atoms with Gasteiger partial charge in [-0.2, -0.15) is 39.5 Å². The molecule has 3 nitrogen and oxygen atoms in total. The van der Waals surface area contributed by atoms with Crippen LogP contribution in [-0.2, 0) is 14.3 Å². The molecule has 1 fully saturated rings. The van der Waals surface area contributed by atoms with Gasteiger partial charge in [0.05, 0.1) is 0 Å². The maximum Gasteiger partial charge on any atom is 0.426 e. The van der Waals surface area contributed by atoms with Gasteiger partial charge in [-0.1, -0.05) is 6.58 Å². The molecule has 1 aliphatic rings. The van der Waals surface area contributed by atoms with Crippen molar-refractivity contribution in [1.29, 1.82) is 0 Å². The summed E-state index contributed by atoms with van der Waals surface area (Å²) < 4.78 is 119. The van der Waals surface area contributed by atoms with E-state index in [1.54, 1.807) is 0 Å². The molecule has 128 valence electrons. The molecule has 0 radical (unpaired) electrons. The van der Waals surface area contributed by atoms with Gasteiger partial charge in [-0.15, -0.1) is 0 Å². The predicted octanol–water partition coefficient (Wildman–Crippen LogP) is 3.65. The quantitative estimate of drug-likeness (QED) is 0.435. The second-order valence-corrected chi connectivity index (χ2v) is 4.29. The molecule has 1 saturated heterocycles. The van der Waals surface area contributed by atoms with Gasteiger partial charge in [0.15, 0.2) is 0 Å². The van der Waals surface area contributed by atoms with E-state index in [9.17, 15) is 44.3 Å². The fourth-order valence-corrected chi connectivity index (χ4v) is 1.63. The Balaban J connectivity index is 2.89. The fourth-order valence-electron chi connectivity index (χ4n) is 1.63. The molecule has 1 unspecified atom stereocenters. The molecule has 1 heterocycles. The summed E-state index contributed by atoms with van der Waals surface area (Å²) in [6.45, 7) is 2.30. The lowest BCUT2D eigenvalue weighted by atomic mass is 9.99. The minimum atomic E-state index is -5.88. The second-order valence-electron chi connectivity index (χ2n) is 4.29. The zero-order valence-corrected chi connectivity index (χ0v) is 10.3. The monoisotopic (exact) mass is 346 g/mol. The van der Waals surface area contributed by atoms with Crippen LogP contribution in [-0.4, -0.2) is 36.4 Å². The Hall–Kier alpha value is -1.46. The summed E-state index contributed by atoms with van der Waals surface area (Å²) in [5.41, 5.74) is -6.67. The Morgan fingerprint density at radius 3 is 1.82 bits per heavy atom. The first kappa shape index (κ1) is 18.6. The topological polar surface area (TPSA) is 35.5 Å². The molecule has 0 spiro atoms. The smallest absolute Gasteiger partial charge is 0.426 e. The zero-order chi connectivity index (χ0) is 17.6. The summed E-state index contributed by atoms with van der Waals surface area (Å²) in [6, 6.07) is 0. The third-order valence-corrected chi connectivity index (χ3v) is 2.81. The summed E-state index contributed by atoms with van der Waals surface area (Å²) in [7, 11) is 0. The van der Waals surface area contributed by atoms with Crippen LogP contribution in [0.5, 0.6) is 0 Å². The molecule has 0 aliphatic carbocycles. The first-order valence-corrected chi connectivity index (χ1v) is 5.40. The standard InChI is InChI=1S/C10H7F9O3/c1-4(8(11,12)13)6(20)21-5-2-3-7(22-5,9(14,15)16)10(17,18)19/h5H,1-3H2. The van der Waals surface area contributed by atoms with Crippen LogP contribution < -0.4 is 0 Å². The molecule has 0 aromatic carbocycles. The van der Waals surface area contributed by atoms with Crippen LogP contribution in [0.25, 0.3) is 0 Å². The van der Waals surface area contributed by atoms with Crippen LogP contribution in [0, 0.1) is 0 Å². The molecule has 0 amide bonds.